The van der Waals surface area contributed by atoms with Gasteiger partial charge in [-0.05, 0) is 33.1 Å². The number of hydrogen-bond acceptors (Lipinski definition) is 4. The highest BCUT2D eigenvalue weighted by molar-refractivity contribution is 7.15. The van der Waals surface area contributed by atoms with Gasteiger partial charge in [0, 0.05) is 11.3 Å². The van der Waals surface area contributed by atoms with Crippen molar-refractivity contribution in [2.45, 2.75) is 39.5 Å². The molecule has 0 atom stereocenters. The fourth-order valence-electron chi connectivity index (χ4n) is 1.88. The number of hydrogen-bond donors (Lipinski definition) is 2. The maximum atomic E-state index is 11.8. The predicted octanol–water partition coefficient (Wildman–Crippen LogP) is 2.07. The summed E-state index contributed by atoms with van der Waals surface area (Å²) in [5.41, 5.74) is 0.0251. The van der Waals surface area contributed by atoms with Gasteiger partial charge in [-0.1, -0.05) is 0 Å². The van der Waals surface area contributed by atoms with Crippen LogP contribution in [0.5, 0.6) is 0 Å². The van der Waals surface area contributed by atoms with Crippen LogP contribution < -0.4 is 5.32 Å². The molecule has 18 heavy (non-hydrogen) atoms. The number of carbonyl (C=O) groups excluding carboxylic acids is 1. The largest absolute Gasteiger partial charge is 0.481 e. The van der Waals surface area contributed by atoms with E-state index < -0.39 is 11.4 Å². The minimum absolute atomic E-state index is 0.0490. The van der Waals surface area contributed by atoms with Gasteiger partial charge in [0.1, 0.15) is 0 Å². The molecule has 0 saturated carbocycles. The summed E-state index contributed by atoms with van der Waals surface area (Å²) in [5.74, 6) is -1.27. The molecule has 0 fully saturated rings. The quantitative estimate of drug-likeness (QED) is 0.876. The van der Waals surface area contributed by atoms with Crippen LogP contribution >= 0.6 is 11.3 Å². The lowest BCUT2D eigenvalue weighted by molar-refractivity contribution is -0.148. The minimum atomic E-state index is -1.05. The average molecular weight is 268 g/mol. The molecule has 0 unspecified atom stereocenters. The van der Waals surface area contributed by atoms with Crippen LogP contribution in [0.3, 0.4) is 0 Å². The van der Waals surface area contributed by atoms with Gasteiger partial charge in [-0.15, -0.1) is 11.3 Å². The molecule has 2 rings (SSSR count). The van der Waals surface area contributed by atoms with Gasteiger partial charge in [0.05, 0.1) is 11.1 Å². The van der Waals surface area contributed by atoms with Gasteiger partial charge in [-0.25, -0.2) is 4.98 Å². The van der Waals surface area contributed by atoms with Crippen LogP contribution in [0.15, 0.2) is 0 Å². The minimum Gasteiger partial charge on any atom is -0.481 e. The van der Waals surface area contributed by atoms with Gasteiger partial charge < -0.3 is 10.4 Å². The van der Waals surface area contributed by atoms with Crippen molar-refractivity contribution in [2.75, 3.05) is 5.32 Å². The van der Waals surface area contributed by atoms with E-state index in [9.17, 15) is 9.59 Å². The highest BCUT2D eigenvalue weighted by Gasteiger charge is 2.30. The maximum absolute atomic E-state index is 11.8. The Morgan fingerprint density at radius 3 is 2.78 bits per heavy atom. The number of carbonyl (C=O) groups is 2. The Morgan fingerprint density at radius 2 is 2.17 bits per heavy atom. The molecular weight excluding hydrogens is 252 g/mol. The van der Waals surface area contributed by atoms with Crippen molar-refractivity contribution in [1.29, 1.82) is 0 Å². The number of rotatable bonds is 4. The molecule has 1 aliphatic carbocycles. The molecule has 6 heteroatoms. The van der Waals surface area contributed by atoms with Gasteiger partial charge in [-0.3, -0.25) is 9.59 Å². The molecule has 2 N–H and O–H groups in total. The zero-order valence-corrected chi connectivity index (χ0v) is 11.3. The molecule has 0 spiro atoms. The first-order valence-electron chi connectivity index (χ1n) is 5.90. The van der Waals surface area contributed by atoms with Crippen LogP contribution in [-0.2, 0) is 22.4 Å². The summed E-state index contributed by atoms with van der Waals surface area (Å²) in [4.78, 5) is 28.3. The van der Waals surface area contributed by atoms with E-state index in [4.69, 9.17) is 5.11 Å². The number of carboxylic acid groups (broad SMARTS) is 1. The summed E-state index contributed by atoms with van der Waals surface area (Å²) in [6, 6.07) is 0. The summed E-state index contributed by atoms with van der Waals surface area (Å²) in [6.45, 7) is 3.08. The van der Waals surface area contributed by atoms with Crippen molar-refractivity contribution < 1.29 is 14.7 Å². The molecule has 0 bridgehead atoms. The molecule has 1 aromatic rings. The van der Waals surface area contributed by atoms with Gasteiger partial charge in [0.25, 0.3) is 0 Å². The van der Waals surface area contributed by atoms with Gasteiger partial charge in [0.15, 0.2) is 5.13 Å². The van der Waals surface area contributed by atoms with E-state index in [1.807, 2.05) is 0 Å². The Bertz CT molecular complexity index is 472. The molecular formula is C12H16N2O3S. The van der Waals surface area contributed by atoms with E-state index in [1.165, 1.54) is 30.1 Å². The molecule has 1 aliphatic rings. The van der Waals surface area contributed by atoms with E-state index >= 15 is 0 Å². The first-order valence-corrected chi connectivity index (χ1v) is 6.72. The molecule has 1 amide bonds. The molecule has 0 aliphatic heterocycles. The third-order valence-corrected chi connectivity index (χ3v) is 4.10. The summed E-state index contributed by atoms with van der Waals surface area (Å²) in [5, 5.41) is 12.2. The molecule has 1 aromatic heterocycles. The standard InChI is InChI=1S/C12H16N2O3S/c1-12(2,10(16)17)6-9(15)14-11-13-7-4-3-5-8(7)18-11/h3-6H2,1-2H3,(H,16,17)(H,13,14,15). The lowest BCUT2D eigenvalue weighted by atomic mass is 9.89. The second-order valence-corrected chi connectivity index (χ2v) is 6.24. The first kappa shape index (κ1) is 13.0. The molecule has 1 heterocycles. The van der Waals surface area contributed by atoms with Gasteiger partial charge in [0.2, 0.25) is 5.91 Å². The van der Waals surface area contributed by atoms with Crippen LogP contribution in [0.2, 0.25) is 0 Å². The van der Waals surface area contributed by atoms with Crippen LogP contribution in [-0.4, -0.2) is 22.0 Å². The number of aliphatic carboxylic acids is 1. The van der Waals surface area contributed by atoms with E-state index in [2.05, 4.69) is 10.3 Å². The van der Waals surface area contributed by atoms with Crippen molar-refractivity contribution in [3.05, 3.63) is 10.6 Å². The lowest BCUT2D eigenvalue weighted by Crippen LogP contribution is -2.29. The third-order valence-electron chi connectivity index (χ3n) is 3.02. The van der Waals surface area contributed by atoms with Crippen LogP contribution in [0.25, 0.3) is 0 Å². The number of amides is 1. The Labute approximate surface area is 109 Å². The van der Waals surface area contributed by atoms with E-state index in [-0.39, 0.29) is 12.3 Å². The second-order valence-electron chi connectivity index (χ2n) is 5.16. The number of carboxylic acids is 1. The molecule has 0 aromatic carbocycles. The van der Waals surface area contributed by atoms with Gasteiger partial charge >= 0.3 is 5.97 Å². The SMILES string of the molecule is CC(C)(CC(=O)Nc1nc2c(s1)CCC2)C(=O)O. The molecule has 98 valence electrons. The van der Waals surface area contributed by atoms with Crippen molar-refractivity contribution >= 4 is 28.3 Å². The van der Waals surface area contributed by atoms with Crippen LogP contribution in [0.4, 0.5) is 5.13 Å². The number of anilines is 1. The summed E-state index contributed by atoms with van der Waals surface area (Å²) < 4.78 is 0. The highest BCUT2D eigenvalue weighted by atomic mass is 32.1. The van der Waals surface area contributed by atoms with Crippen LogP contribution in [0.1, 0.15) is 37.3 Å². The van der Waals surface area contributed by atoms with E-state index in [1.54, 1.807) is 0 Å². The first-order chi connectivity index (χ1) is 8.38. The number of thiazole rings is 1. The number of fused-ring (bicyclic) bond motifs is 1. The number of nitrogens with one attached hydrogen (secondary N) is 1. The van der Waals surface area contributed by atoms with Crippen molar-refractivity contribution in [3.63, 3.8) is 0 Å². The average Bonchev–Trinajstić information content (AvgIpc) is 2.75. The zero-order chi connectivity index (χ0) is 13.3. The Morgan fingerprint density at radius 1 is 1.44 bits per heavy atom. The number of aromatic nitrogens is 1. The maximum Gasteiger partial charge on any atom is 0.309 e. The second kappa shape index (κ2) is 4.68. The monoisotopic (exact) mass is 268 g/mol. The third kappa shape index (κ3) is 2.69. The molecule has 5 nitrogen and oxygen atoms in total. The van der Waals surface area contributed by atoms with E-state index in [0.717, 1.165) is 25.0 Å². The van der Waals surface area contributed by atoms with E-state index in [0.29, 0.717) is 5.13 Å². The fraction of sp³-hybridized carbons (Fsp3) is 0.583. The van der Waals surface area contributed by atoms with Gasteiger partial charge in [-0.2, -0.15) is 0 Å². The zero-order valence-electron chi connectivity index (χ0n) is 10.4. The highest BCUT2D eigenvalue weighted by Crippen LogP contribution is 2.31. The summed E-state index contributed by atoms with van der Waals surface area (Å²) in [7, 11) is 0. The van der Waals surface area contributed by atoms with Crippen molar-refractivity contribution in [1.82, 2.24) is 4.98 Å². The lowest BCUT2D eigenvalue weighted by Gasteiger charge is -2.17. The Balaban J connectivity index is 1.97. The predicted molar refractivity (Wildman–Crippen MR) is 68.8 cm³/mol. The summed E-state index contributed by atoms with van der Waals surface area (Å²) >= 11 is 1.49. The Hall–Kier alpha value is -1.43. The fourth-order valence-corrected chi connectivity index (χ4v) is 2.95. The number of aryl methyl sites for hydroxylation is 2. The topological polar surface area (TPSA) is 79.3 Å². The Kier molecular flexibility index (Phi) is 3.38. The van der Waals surface area contributed by atoms with Crippen molar-refractivity contribution in [2.24, 2.45) is 5.41 Å². The normalized spacial score (nSPS) is 14.3. The molecule has 0 saturated heterocycles. The molecule has 0 radical (unpaired) electrons. The van der Waals surface area contributed by atoms with Crippen LogP contribution in [0, 0.1) is 5.41 Å². The number of nitrogens with zero attached hydrogens (tertiary/aromatic N) is 1. The summed E-state index contributed by atoms with van der Waals surface area (Å²) in [6.07, 6.45) is 3.09. The smallest absolute Gasteiger partial charge is 0.309 e. The van der Waals surface area contributed by atoms with Crippen molar-refractivity contribution in [3.8, 4) is 0 Å².